The molecule has 3 nitrogen and oxygen atoms in total. The maximum absolute atomic E-state index is 12.1. The molecule has 0 saturated carbocycles. The Morgan fingerprint density at radius 1 is 0.958 bits per heavy atom. The second kappa shape index (κ2) is 7.21. The van der Waals surface area contributed by atoms with Crippen molar-refractivity contribution in [2.24, 2.45) is 0 Å². The Morgan fingerprint density at radius 2 is 1.54 bits per heavy atom. The normalized spacial score (nSPS) is 11.7. The second-order valence-electron chi connectivity index (χ2n) is 6.77. The van der Waals surface area contributed by atoms with Gasteiger partial charge in [0.25, 0.3) is 0 Å². The summed E-state index contributed by atoms with van der Waals surface area (Å²) in [5.74, 6) is 5.84. The summed E-state index contributed by atoms with van der Waals surface area (Å²) >= 11 is 0. The average molecular weight is 341 g/mol. The maximum atomic E-state index is 12.1. The highest BCUT2D eigenvalue weighted by Gasteiger charge is 2.13. The molecule has 2 aromatic carbocycles. The largest absolute Gasteiger partial charge is 0.241 e. The number of rotatable bonds is 3. The predicted molar refractivity (Wildman–Crippen MR) is 98.4 cm³/mol. The molecule has 0 bridgehead atoms. The van der Waals surface area contributed by atoms with E-state index in [2.05, 4.69) is 49.5 Å². The second-order valence-corrected chi connectivity index (χ2v) is 8.53. The number of aryl methyl sites for hydroxylation is 1. The Kier molecular flexibility index (Phi) is 5.48. The minimum atomic E-state index is -3.51. The predicted octanol–water partition coefficient (Wildman–Crippen LogP) is 3.62. The molecular weight excluding hydrogens is 318 g/mol. The van der Waals surface area contributed by atoms with E-state index in [4.69, 9.17) is 0 Å². The number of sulfonamides is 1. The van der Waals surface area contributed by atoms with E-state index < -0.39 is 10.0 Å². The summed E-state index contributed by atoms with van der Waals surface area (Å²) in [4.78, 5) is 0.254. The highest BCUT2D eigenvalue weighted by molar-refractivity contribution is 7.89. The monoisotopic (exact) mass is 341 g/mol. The van der Waals surface area contributed by atoms with Gasteiger partial charge in [0, 0.05) is 5.56 Å². The first-order valence-electron chi connectivity index (χ1n) is 7.84. The number of nitrogens with one attached hydrogen (secondary N) is 1. The first-order valence-corrected chi connectivity index (χ1v) is 9.32. The lowest BCUT2D eigenvalue weighted by Crippen LogP contribution is -2.23. The smallest absolute Gasteiger partial charge is 0.207 e. The van der Waals surface area contributed by atoms with Crippen LogP contribution >= 0.6 is 0 Å². The number of hydrogen-bond donors (Lipinski definition) is 1. The summed E-state index contributed by atoms with van der Waals surface area (Å²) in [5.41, 5.74) is 3.24. The van der Waals surface area contributed by atoms with Crippen molar-refractivity contribution >= 4 is 10.0 Å². The van der Waals surface area contributed by atoms with Crippen LogP contribution in [0.3, 0.4) is 0 Å². The van der Waals surface area contributed by atoms with Gasteiger partial charge in [-0.25, -0.2) is 8.42 Å². The van der Waals surface area contributed by atoms with Crippen molar-refractivity contribution in [2.75, 3.05) is 6.54 Å². The van der Waals surface area contributed by atoms with Crippen LogP contribution in [0.4, 0.5) is 0 Å². The third-order valence-electron chi connectivity index (χ3n) is 3.67. The van der Waals surface area contributed by atoms with Crippen LogP contribution in [0.5, 0.6) is 0 Å². The Labute approximate surface area is 145 Å². The Morgan fingerprint density at radius 3 is 2.08 bits per heavy atom. The lowest BCUT2D eigenvalue weighted by molar-refractivity contribution is 0.586. The third kappa shape index (κ3) is 4.95. The molecule has 0 radical (unpaired) electrons. The zero-order chi connectivity index (χ0) is 17.8. The van der Waals surface area contributed by atoms with E-state index in [1.807, 2.05) is 19.1 Å². The summed E-state index contributed by atoms with van der Waals surface area (Å²) in [5, 5.41) is 0. The standard InChI is InChI=1S/C20H23NO2S/c1-16-7-13-19(14-8-16)24(22,23)21-15-5-6-17-9-11-18(12-10-17)20(2,3)4/h7-14,21H,15H2,1-4H3. The van der Waals surface area contributed by atoms with Crippen molar-refractivity contribution < 1.29 is 8.42 Å². The molecule has 2 aromatic rings. The van der Waals surface area contributed by atoms with Crippen LogP contribution in [0.25, 0.3) is 0 Å². The molecule has 126 valence electrons. The minimum absolute atomic E-state index is 0.0806. The molecule has 24 heavy (non-hydrogen) atoms. The maximum Gasteiger partial charge on any atom is 0.241 e. The van der Waals surface area contributed by atoms with Gasteiger partial charge in [-0.3, -0.25) is 0 Å². The van der Waals surface area contributed by atoms with Gasteiger partial charge >= 0.3 is 0 Å². The molecule has 0 unspecified atom stereocenters. The van der Waals surface area contributed by atoms with E-state index in [1.54, 1.807) is 24.3 Å². The zero-order valence-corrected chi connectivity index (χ0v) is 15.4. The topological polar surface area (TPSA) is 46.2 Å². The Balaban J connectivity index is 1.99. The molecule has 0 aliphatic heterocycles. The summed E-state index contributed by atoms with van der Waals surface area (Å²) in [7, 11) is -3.51. The van der Waals surface area contributed by atoms with Crippen LogP contribution in [0, 0.1) is 18.8 Å². The van der Waals surface area contributed by atoms with Crippen molar-refractivity contribution in [3.05, 3.63) is 65.2 Å². The fraction of sp³-hybridized carbons (Fsp3) is 0.300. The molecule has 0 spiro atoms. The Hall–Kier alpha value is -2.09. The summed E-state index contributed by atoms with van der Waals surface area (Å²) in [6.45, 7) is 8.48. The SMILES string of the molecule is Cc1ccc(S(=O)(=O)NCC#Cc2ccc(C(C)(C)C)cc2)cc1. The van der Waals surface area contributed by atoms with Crippen molar-refractivity contribution in [1.29, 1.82) is 0 Å². The van der Waals surface area contributed by atoms with Crippen LogP contribution in [-0.4, -0.2) is 15.0 Å². The molecule has 0 aliphatic rings. The van der Waals surface area contributed by atoms with Gasteiger partial charge in [-0.2, -0.15) is 4.72 Å². The quantitative estimate of drug-likeness (QED) is 0.867. The van der Waals surface area contributed by atoms with Gasteiger partial charge in [0.1, 0.15) is 0 Å². The first kappa shape index (κ1) is 18.3. The van der Waals surface area contributed by atoms with Gasteiger partial charge in [-0.05, 0) is 42.2 Å². The van der Waals surface area contributed by atoms with E-state index in [0.29, 0.717) is 0 Å². The molecular formula is C20H23NO2S. The van der Waals surface area contributed by atoms with Crippen molar-refractivity contribution in [2.45, 2.75) is 38.0 Å². The van der Waals surface area contributed by atoms with Gasteiger partial charge in [-0.15, -0.1) is 0 Å². The fourth-order valence-electron chi connectivity index (χ4n) is 2.13. The van der Waals surface area contributed by atoms with Gasteiger partial charge in [-0.1, -0.05) is 62.4 Å². The lowest BCUT2D eigenvalue weighted by atomic mass is 9.87. The van der Waals surface area contributed by atoms with Crippen LogP contribution in [0.1, 0.15) is 37.5 Å². The Bertz CT molecular complexity index is 847. The van der Waals surface area contributed by atoms with E-state index in [-0.39, 0.29) is 16.9 Å². The summed E-state index contributed by atoms with van der Waals surface area (Å²) in [6, 6.07) is 14.8. The fourth-order valence-corrected chi connectivity index (χ4v) is 3.05. The zero-order valence-electron chi connectivity index (χ0n) is 14.6. The number of benzene rings is 2. The molecule has 0 amide bonds. The van der Waals surface area contributed by atoms with Crippen molar-refractivity contribution in [3.63, 3.8) is 0 Å². The van der Waals surface area contributed by atoms with Gasteiger partial charge in [0.2, 0.25) is 10.0 Å². The van der Waals surface area contributed by atoms with Crippen LogP contribution in [-0.2, 0) is 15.4 Å². The molecule has 0 aliphatic carbocycles. The van der Waals surface area contributed by atoms with Crippen molar-refractivity contribution in [3.8, 4) is 11.8 Å². The lowest BCUT2D eigenvalue weighted by Gasteiger charge is -2.18. The van der Waals surface area contributed by atoms with E-state index in [9.17, 15) is 8.42 Å². The third-order valence-corrected chi connectivity index (χ3v) is 5.08. The molecule has 2 rings (SSSR count). The van der Waals surface area contributed by atoms with Crippen LogP contribution in [0.15, 0.2) is 53.4 Å². The molecule has 0 heterocycles. The molecule has 0 saturated heterocycles. The summed E-state index contributed by atoms with van der Waals surface area (Å²) in [6.07, 6.45) is 0. The molecule has 0 fully saturated rings. The summed E-state index contributed by atoms with van der Waals surface area (Å²) < 4.78 is 26.8. The average Bonchev–Trinajstić information content (AvgIpc) is 2.52. The van der Waals surface area contributed by atoms with E-state index in [0.717, 1.165) is 11.1 Å². The molecule has 0 atom stereocenters. The molecule has 1 N–H and O–H groups in total. The van der Waals surface area contributed by atoms with Gasteiger partial charge in [0.05, 0.1) is 11.4 Å². The highest BCUT2D eigenvalue weighted by atomic mass is 32.2. The minimum Gasteiger partial charge on any atom is -0.207 e. The van der Waals surface area contributed by atoms with Crippen molar-refractivity contribution in [1.82, 2.24) is 4.72 Å². The number of hydrogen-bond acceptors (Lipinski definition) is 2. The van der Waals surface area contributed by atoms with Crippen LogP contribution in [0.2, 0.25) is 0 Å². The molecule has 0 aromatic heterocycles. The van der Waals surface area contributed by atoms with E-state index >= 15 is 0 Å². The molecule has 4 heteroatoms. The first-order chi connectivity index (χ1) is 11.2. The highest BCUT2D eigenvalue weighted by Crippen LogP contribution is 2.21. The van der Waals surface area contributed by atoms with Gasteiger partial charge < -0.3 is 0 Å². The van der Waals surface area contributed by atoms with Gasteiger partial charge in [0.15, 0.2) is 0 Å². The van der Waals surface area contributed by atoms with Crippen LogP contribution < -0.4 is 4.72 Å². The van der Waals surface area contributed by atoms with E-state index in [1.165, 1.54) is 5.56 Å².